The van der Waals surface area contributed by atoms with Crippen LogP contribution < -0.4 is 0 Å². The van der Waals surface area contributed by atoms with Crippen LogP contribution in [0.3, 0.4) is 0 Å². The maximum atomic E-state index is 12.5. The highest BCUT2D eigenvalue weighted by Gasteiger charge is 2.42. The van der Waals surface area contributed by atoms with Gasteiger partial charge in [0, 0.05) is 13.1 Å². The van der Waals surface area contributed by atoms with E-state index in [9.17, 15) is 14.7 Å². The number of hydrogen-bond acceptors (Lipinski definition) is 4. The van der Waals surface area contributed by atoms with E-state index >= 15 is 0 Å². The third-order valence-electron chi connectivity index (χ3n) is 4.09. The summed E-state index contributed by atoms with van der Waals surface area (Å²) >= 11 is 6.10. The zero-order chi connectivity index (χ0) is 16.6. The van der Waals surface area contributed by atoms with E-state index in [1.54, 1.807) is 25.1 Å². The Hall–Kier alpha value is -2.41. The normalized spacial score (nSPS) is 20.7. The Kier molecular flexibility index (Phi) is 3.81. The summed E-state index contributed by atoms with van der Waals surface area (Å²) in [6.07, 6.45) is 1.92. The molecule has 2 heterocycles. The van der Waals surface area contributed by atoms with Gasteiger partial charge < -0.3 is 10.0 Å². The smallest absolute Gasteiger partial charge is 0.311 e. The number of benzene rings is 1. The summed E-state index contributed by atoms with van der Waals surface area (Å²) in [6, 6.07) is 7.09. The molecule has 1 aliphatic rings. The van der Waals surface area contributed by atoms with Crippen LogP contribution in [0.15, 0.2) is 30.5 Å². The van der Waals surface area contributed by atoms with Crippen LogP contribution >= 0.6 is 11.6 Å². The zero-order valence-electron chi connectivity index (χ0n) is 12.4. The lowest BCUT2D eigenvalue weighted by Crippen LogP contribution is -2.35. The highest BCUT2D eigenvalue weighted by atomic mass is 35.5. The molecule has 1 atom stereocenters. The van der Waals surface area contributed by atoms with Crippen molar-refractivity contribution in [2.45, 2.75) is 13.3 Å². The quantitative estimate of drug-likeness (QED) is 0.925. The van der Waals surface area contributed by atoms with Gasteiger partial charge in [-0.25, -0.2) is 4.68 Å². The molecule has 23 heavy (non-hydrogen) atoms. The average Bonchev–Trinajstić information content (AvgIpc) is 3.15. The molecule has 0 spiro atoms. The van der Waals surface area contributed by atoms with E-state index < -0.39 is 11.4 Å². The highest BCUT2D eigenvalue weighted by molar-refractivity contribution is 6.32. The summed E-state index contributed by atoms with van der Waals surface area (Å²) < 4.78 is 1.43. The molecular formula is C15H15ClN4O3. The van der Waals surface area contributed by atoms with Crippen molar-refractivity contribution >= 4 is 23.5 Å². The van der Waals surface area contributed by atoms with E-state index in [1.807, 2.05) is 6.07 Å². The van der Waals surface area contributed by atoms with E-state index in [2.05, 4.69) is 10.3 Å². The molecule has 7 nitrogen and oxygen atoms in total. The minimum atomic E-state index is -0.908. The van der Waals surface area contributed by atoms with Crippen LogP contribution in [0.2, 0.25) is 5.02 Å². The summed E-state index contributed by atoms with van der Waals surface area (Å²) in [4.78, 5) is 25.2. The molecule has 0 radical (unpaired) electrons. The molecule has 0 unspecified atom stereocenters. The number of halogens is 1. The van der Waals surface area contributed by atoms with E-state index in [0.717, 1.165) is 0 Å². The van der Waals surface area contributed by atoms with Crippen molar-refractivity contribution in [2.24, 2.45) is 5.41 Å². The van der Waals surface area contributed by atoms with Crippen LogP contribution in [0.1, 0.15) is 23.8 Å². The summed E-state index contributed by atoms with van der Waals surface area (Å²) in [6.45, 7) is 2.20. The summed E-state index contributed by atoms with van der Waals surface area (Å²) in [5.74, 6) is -1.22. The van der Waals surface area contributed by atoms with Crippen molar-refractivity contribution in [3.63, 3.8) is 0 Å². The minimum absolute atomic E-state index is 0.166. The van der Waals surface area contributed by atoms with Gasteiger partial charge in [-0.1, -0.05) is 28.9 Å². The molecule has 0 aliphatic carbocycles. The molecule has 1 N–H and O–H groups in total. The van der Waals surface area contributed by atoms with Crippen LogP contribution in [-0.4, -0.2) is 50.0 Å². The number of rotatable bonds is 3. The number of likely N-dealkylation sites (tertiary alicyclic amines) is 1. The van der Waals surface area contributed by atoms with Gasteiger partial charge in [-0.3, -0.25) is 9.59 Å². The molecule has 8 heteroatoms. The number of carboxylic acids is 1. The number of carbonyl (C=O) groups is 2. The fraction of sp³-hybridized carbons (Fsp3) is 0.333. The second-order valence-electron chi connectivity index (χ2n) is 5.84. The second kappa shape index (κ2) is 5.66. The summed E-state index contributed by atoms with van der Waals surface area (Å²) in [7, 11) is 0. The molecule has 1 aliphatic heterocycles. The van der Waals surface area contributed by atoms with Crippen molar-refractivity contribution in [3.8, 4) is 5.69 Å². The van der Waals surface area contributed by atoms with Crippen molar-refractivity contribution in [1.82, 2.24) is 19.9 Å². The maximum Gasteiger partial charge on any atom is 0.311 e. The van der Waals surface area contributed by atoms with Gasteiger partial charge >= 0.3 is 5.97 Å². The topological polar surface area (TPSA) is 88.3 Å². The first kappa shape index (κ1) is 15.5. The van der Waals surface area contributed by atoms with Gasteiger partial charge in [0.2, 0.25) is 0 Å². The lowest BCUT2D eigenvalue weighted by Gasteiger charge is -2.19. The van der Waals surface area contributed by atoms with Crippen molar-refractivity contribution in [3.05, 3.63) is 41.2 Å². The number of carboxylic acid groups (broad SMARTS) is 1. The Morgan fingerprint density at radius 1 is 1.35 bits per heavy atom. The van der Waals surface area contributed by atoms with Gasteiger partial charge in [0.05, 0.1) is 22.3 Å². The van der Waals surface area contributed by atoms with E-state index in [0.29, 0.717) is 23.7 Å². The number of aromatic nitrogens is 3. The molecule has 1 amide bonds. The first-order valence-corrected chi connectivity index (χ1v) is 7.48. The predicted octanol–water partition coefficient (Wildman–Crippen LogP) is 1.86. The Morgan fingerprint density at radius 3 is 2.74 bits per heavy atom. The molecule has 2 aromatic rings. The van der Waals surface area contributed by atoms with Gasteiger partial charge in [0.15, 0.2) is 5.69 Å². The number of carbonyl (C=O) groups excluding carboxylic acids is 1. The van der Waals surface area contributed by atoms with Crippen LogP contribution in [-0.2, 0) is 4.79 Å². The molecule has 1 saturated heterocycles. The van der Waals surface area contributed by atoms with Crippen molar-refractivity contribution in [1.29, 1.82) is 0 Å². The van der Waals surface area contributed by atoms with Gasteiger partial charge in [-0.15, -0.1) is 5.10 Å². The monoisotopic (exact) mass is 334 g/mol. The standard InChI is InChI=1S/C15H15ClN4O3/c1-15(14(22)23)6-7-19(9-15)13(21)11-8-20(18-17-11)12-5-3-2-4-10(12)16/h2-5,8H,6-7,9H2,1H3,(H,22,23)/t15-/m0/s1. The predicted molar refractivity (Wildman–Crippen MR) is 82.6 cm³/mol. The van der Waals surface area contributed by atoms with E-state index in [4.69, 9.17) is 11.6 Å². The molecule has 3 rings (SSSR count). The molecule has 0 saturated carbocycles. The second-order valence-corrected chi connectivity index (χ2v) is 6.25. The largest absolute Gasteiger partial charge is 0.481 e. The Bertz CT molecular complexity index is 776. The molecule has 1 aromatic heterocycles. The third-order valence-corrected chi connectivity index (χ3v) is 4.41. The van der Waals surface area contributed by atoms with Crippen LogP contribution in [0.4, 0.5) is 0 Å². The lowest BCUT2D eigenvalue weighted by atomic mass is 9.90. The molecule has 1 fully saturated rings. The SMILES string of the molecule is C[C@]1(C(=O)O)CCN(C(=O)c2cn(-c3ccccc3Cl)nn2)C1. The number of aliphatic carboxylic acids is 1. The maximum absolute atomic E-state index is 12.5. The van der Waals surface area contributed by atoms with Gasteiger partial charge in [0.1, 0.15) is 0 Å². The molecule has 0 bridgehead atoms. The summed E-state index contributed by atoms with van der Waals surface area (Å²) in [5.41, 5.74) is -0.119. The fourth-order valence-electron chi connectivity index (χ4n) is 2.59. The van der Waals surface area contributed by atoms with Crippen LogP contribution in [0.25, 0.3) is 5.69 Å². The van der Waals surface area contributed by atoms with E-state index in [1.165, 1.54) is 15.8 Å². The van der Waals surface area contributed by atoms with Crippen molar-refractivity contribution in [2.75, 3.05) is 13.1 Å². The van der Waals surface area contributed by atoms with Crippen molar-refractivity contribution < 1.29 is 14.7 Å². The third kappa shape index (κ3) is 2.79. The number of amides is 1. The Labute approximate surface area is 137 Å². The van der Waals surface area contributed by atoms with Crippen LogP contribution in [0.5, 0.6) is 0 Å². The first-order chi connectivity index (χ1) is 10.9. The van der Waals surface area contributed by atoms with Gasteiger partial charge in [-0.2, -0.15) is 0 Å². The summed E-state index contributed by atoms with van der Waals surface area (Å²) in [5, 5.41) is 17.6. The molecular weight excluding hydrogens is 320 g/mol. The van der Waals surface area contributed by atoms with Crippen LogP contribution in [0, 0.1) is 5.41 Å². The average molecular weight is 335 g/mol. The zero-order valence-corrected chi connectivity index (χ0v) is 13.2. The Balaban J connectivity index is 1.80. The molecule has 120 valence electrons. The molecule has 1 aromatic carbocycles. The highest BCUT2D eigenvalue weighted by Crippen LogP contribution is 2.30. The van der Waals surface area contributed by atoms with Gasteiger partial charge in [-0.05, 0) is 25.5 Å². The number of nitrogens with zero attached hydrogens (tertiary/aromatic N) is 4. The lowest BCUT2D eigenvalue weighted by molar-refractivity contribution is -0.147. The van der Waals surface area contributed by atoms with E-state index in [-0.39, 0.29) is 18.1 Å². The number of hydrogen-bond donors (Lipinski definition) is 1. The first-order valence-electron chi connectivity index (χ1n) is 7.11. The Morgan fingerprint density at radius 2 is 2.09 bits per heavy atom. The fourth-order valence-corrected chi connectivity index (χ4v) is 2.81. The minimum Gasteiger partial charge on any atom is -0.481 e. The number of para-hydroxylation sites is 1. The van der Waals surface area contributed by atoms with Gasteiger partial charge in [0.25, 0.3) is 5.91 Å².